The lowest BCUT2D eigenvalue weighted by atomic mass is 10.1. The topological polar surface area (TPSA) is 49.4 Å². The first-order valence-corrected chi connectivity index (χ1v) is 8.75. The second-order valence-corrected chi connectivity index (χ2v) is 7.31. The van der Waals surface area contributed by atoms with Gasteiger partial charge in [0, 0.05) is 35.0 Å². The second-order valence-electron chi connectivity index (χ2n) is 5.94. The summed E-state index contributed by atoms with van der Waals surface area (Å²) in [6.45, 7) is 6.76. The van der Waals surface area contributed by atoms with Gasteiger partial charge in [-0.3, -0.25) is 9.59 Å². The zero-order valence-electron chi connectivity index (χ0n) is 13.7. The largest absolute Gasteiger partial charge is 0.331 e. The molecule has 2 amide bonds. The third-order valence-electron chi connectivity index (χ3n) is 4.09. The van der Waals surface area contributed by atoms with Crippen LogP contribution in [0.1, 0.15) is 27.3 Å². The van der Waals surface area contributed by atoms with E-state index in [-0.39, 0.29) is 11.8 Å². The van der Waals surface area contributed by atoms with Crippen LogP contribution in [0.3, 0.4) is 0 Å². The van der Waals surface area contributed by atoms with E-state index >= 15 is 0 Å². The molecule has 1 N–H and O–H groups in total. The van der Waals surface area contributed by atoms with E-state index in [1.165, 1.54) is 15.8 Å². The molecule has 3 rings (SSSR count). The highest BCUT2D eigenvalue weighted by atomic mass is 32.1. The van der Waals surface area contributed by atoms with Crippen molar-refractivity contribution in [2.75, 3.05) is 5.32 Å². The molecule has 1 aliphatic rings. The van der Waals surface area contributed by atoms with Gasteiger partial charge in [0.15, 0.2) is 0 Å². The number of aryl methyl sites for hydroxylation is 2. The van der Waals surface area contributed by atoms with E-state index in [1.54, 1.807) is 16.2 Å². The minimum atomic E-state index is -0.0666. The molecule has 1 aliphatic heterocycles. The maximum absolute atomic E-state index is 12.1. The zero-order chi connectivity index (χ0) is 17.1. The highest BCUT2D eigenvalue weighted by Gasteiger charge is 2.21. The van der Waals surface area contributed by atoms with Gasteiger partial charge in [0.1, 0.15) is 0 Å². The number of nitrogens with one attached hydrogen (secondary N) is 1. The lowest BCUT2D eigenvalue weighted by Crippen LogP contribution is -2.22. The van der Waals surface area contributed by atoms with E-state index in [1.807, 2.05) is 18.2 Å². The summed E-state index contributed by atoms with van der Waals surface area (Å²) in [6.07, 6.45) is 2.57. The predicted molar refractivity (Wildman–Crippen MR) is 96.9 cm³/mol. The minimum absolute atomic E-state index is 0.0121. The van der Waals surface area contributed by atoms with Crippen molar-refractivity contribution in [1.29, 1.82) is 0 Å². The Morgan fingerprint density at radius 2 is 2.04 bits per heavy atom. The van der Waals surface area contributed by atoms with E-state index in [4.69, 9.17) is 0 Å². The summed E-state index contributed by atoms with van der Waals surface area (Å²) >= 11 is 1.73. The van der Waals surface area contributed by atoms with Crippen LogP contribution in [0.15, 0.2) is 43.0 Å². The zero-order valence-corrected chi connectivity index (χ0v) is 14.5. The maximum Gasteiger partial charge on any atom is 0.246 e. The molecule has 2 aromatic rings. The number of amides is 2. The Morgan fingerprint density at radius 1 is 1.25 bits per heavy atom. The molecule has 0 unspecified atom stereocenters. The van der Waals surface area contributed by atoms with Gasteiger partial charge in [-0.1, -0.05) is 12.6 Å². The van der Waals surface area contributed by atoms with Crippen molar-refractivity contribution in [2.45, 2.75) is 32.9 Å². The number of carbonyl (C=O) groups is 2. The van der Waals surface area contributed by atoms with Crippen molar-refractivity contribution < 1.29 is 9.59 Å². The molecular weight excluding hydrogens is 320 g/mol. The van der Waals surface area contributed by atoms with Gasteiger partial charge in [0.25, 0.3) is 0 Å². The van der Waals surface area contributed by atoms with Gasteiger partial charge in [0.05, 0.1) is 0 Å². The van der Waals surface area contributed by atoms with E-state index < -0.39 is 0 Å². The first-order chi connectivity index (χ1) is 11.5. The summed E-state index contributed by atoms with van der Waals surface area (Å²) in [4.78, 5) is 28.1. The maximum atomic E-state index is 12.1. The first-order valence-electron chi connectivity index (χ1n) is 7.93. The number of rotatable bonds is 5. The van der Waals surface area contributed by atoms with Crippen molar-refractivity contribution in [3.63, 3.8) is 0 Å². The van der Waals surface area contributed by atoms with Crippen LogP contribution in [0, 0.1) is 6.92 Å². The van der Waals surface area contributed by atoms with Crippen LogP contribution < -0.4 is 5.32 Å². The van der Waals surface area contributed by atoms with Crippen molar-refractivity contribution in [3.05, 3.63) is 63.9 Å². The molecule has 4 nitrogen and oxygen atoms in total. The number of hydrogen-bond acceptors (Lipinski definition) is 3. The molecule has 2 heterocycles. The summed E-state index contributed by atoms with van der Waals surface area (Å²) in [7, 11) is 0. The molecule has 0 bridgehead atoms. The van der Waals surface area contributed by atoms with Gasteiger partial charge in [-0.2, -0.15) is 0 Å². The molecule has 0 atom stereocenters. The number of hydrogen-bond donors (Lipinski definition) is 1. The Labute approximate surface area is 145 Å². The molecule has 1 aromatic heterocycles. The van der Waals surface area contributed by atoms with Crippen molar-refractivity contribution in [3.8, 4) is 0 Å². The normalized spacial score (nSPS) is 12.8. The van der Waals surface area contributed by atoms with Crippen LogP contribution in [0.4, 0.5) is 5.69 Å². The van der Waals surface area contributed by atoms with Gasteiger partial charge in [0.2, 0.25) is 11.8 Å². The summed E-state index contributed by atoms with van der Waals surface area (Å²) in [6, 6.07) is 9.99. The van der Waals surface area contributed by atoms with E-state index in [0.717, 1.165) is 23.2 Å². The first kappa shape index (κ1) is 16.5. The van der Waals surface area contributed by atoms with Crippen LogP contribution in [-0.4, -0.2) is 16.7 Å². The van der Waals surface area contributed by atoms with Crippen molar-refractivity contribution >= 4 is 28.8 Å². The van der Waals surface area contributed by atoms with Gasteiger partial charge < -0.3 is 10.2 Å². The van der Waals surface area contributed by atoms with Gasteiger partial charge in [-0.25, -0.2) is 0 Å². The number of fused-ring (bicyclic) bond motifs is 1. The number of nitrogens with zero attached hydrogens (tertiary/aromatic N) is 1. The Bertz CT molecular complexity index is 794. The van der Waals surface area contributed by atoms with Gasteiger partial charge in [-0.15, -0.1) is 11.3 Å². The molecule has 0 fully saturated rings. The number of benzene rings is 1. The molecule has 124 valence electrons. The lowest BCUT2D eigenvalue weighted by Gasteiger charge is -2.11. The molecular formula is C19H20N2O2S. The van der Waals surface area contributed by atoms with E-state index in [9.17, 15) is 9.59 Å². The van der Waals surface area contributed by atoms with Crippen molar-refractivity contribution in [1.82, 2.24) is 4.90 Å². The third-order valence-corrected chi connectivity index (χ3v) is 5.15. The SMILES string of the molecule is C=CC(=O)N1Cc2ccc(NC(=O)CCc3ccc(C)s3)cc2C1. The predicted octanol–water partition coefficient (Wildman–Crippen LogP) is 3.66. The van der Waals surface area contributed by atoms with Crippen LogP contribution in [0.2, 0.25) is 0 Å². The monoisotopic (exact) mass is 340 g/mol. The van der Waals surface area contributed by atoms with E-state index in [0.29, 0.717) is 19.5 Å². The molecule has 0 spiro atoms. The van der Waals surface area contributed by atoms with E-state index in [2.05, 4.69) is 31.0 Å². The van der Waals surface area contributed by atoms with Crippen LogP contribution in [0.5, 0.6) is 0 Å². The summed E-state index contributed by atoms with van der Waals surface area (Å²) < 4.78 is 0. The Balaban J connectivity index is 1.58. The van der Waals surface area contributed by atoms with Gasteiger partial charge in [-0.05, 0) is 54.8 Å². The molecule has 0 saturated heterocycles. The number of thiophene rings is 1. The number of carbonyl (C=O) groups excluding carboxylic acids is 2. The fraction of sp³-hybridized carbons (Fsp3) is 0.263. The average molecular weight is 340 g/mol. The molecule has 1 aromatic carbocycles. The third kappa shape index (κ3) is 3.74. The standard InChI is InChI=1S/C19H20N2O2S/c1-3-19(23)21-11-14-5-6-16(10-15(14)12-21)20-18(22)9-8-17-7-4-13(2)24-17/h3-7,10H,1,8-9,11-12H2,2H3,(H,20,22). The molecule has 0 radical (unpaired) electrons. The quantitative estimate of drug-likeness (QED) is 0.845. The van der Waals surface area contributed by atoms with Crippen molar-refractivity contribution in [2.24, 2.45) is 0 Å². The Morgan fingerprint density at radius 3 is 2.75 bits per heavy atom. The summed E-state index contributed by atoms with van der Waals surface area (Å²) in [5.74, 6) is -0.0546. The Kier molecular flexibility index (Phi) is 4.81. The lowest BCUT2D eigenvalue weighted by molar-refractivity contribution is -0.126. The highest BCUT2D eigenvalue weighted by molar-refractivity contribution is 7.11. The molecule has 0 saturated carbocycles. The average Bonchev–Trinajstić information content (AvgIpc) is 3.17. The number of anilines is 1. The van der Waals surface area contributed by atoms with Crippen LogP contribution in [-0.2, 0) is 29.1 Å². The molecule has 0 aliphatic carbocycles. The minimum Gasteiger partial charge on any atom is -0.331 e. The smallest absolute Gasteiger partial charge is 0.246 e. The van der Waals surface area contributed by atoms with Crippen LogP contribution in [0.25, 0.3) is 0 Å². The summed E-state index contributed by atoms with van der Waals surface area (Å²) in [5, 5.41) is 2.95. The Hall–Kier alpha value is -2.40. The van der Waals surface area contributed by atoms with Crippen LogP contribution >= 0.6 is 11.3 Å². The fourth-order valence-corrected chi connectivity index (χ4v) is 3.73. The van der Waals surface area contributed by atoms with Gasteiger partial charge >= 0.3 is 0 Å². The summed E-state index contributed by atoms with van der Waals surface area (Å²) in [5.41, 5.74) is 2.99. The molecule has 24 heavy (non-hydrogen) atoms. The second kappa shape index (κ2) is 7.01. The molecule has 5 heteroatoms. The highest BCUT2D eigenvalue weighted by Crippen LogP contribution is 2.26. The fourth-order valence-electron chi connectivity index (χ4n) is 2.84.